The number of aliphatic hydroxyl groups is 1. The quantitative estimate of drug-likeness (QED) is 0.248. The van der Waals surface area contributed by atoms with E-state index in [0.717, 1.165) is 32.1 Å². The van der Waals surface area contributed by atoms with Crippen molar-refractivity contribution in [3.8, 4) is 0 Å². The van der Waals surface area contributed by atoms with E-state index in [1.807, 2.05) is 13.8 Å². The van der Waals surface area contributed by atoms with Gasteiger partial charge in [-0.1, -0.05) is 44.7 Å². The summed E-state index contributed by atoms with van der Waals surface area (Å²) in [5, 5.41) is 25.1. The summed E-state index contributed by atoms with van der Waals surface area (Å²) in [6.07, 6.45) is 5.56. The molecule has 0 spiro atoms. The van der Waals surface area contributed by atoms with Crippen LogP contribution < -0.4 is 11.1 Å². The number of amides is 1. The average molecular weight is 299 g/mol. The minimum atomic E-state index is -0.977. The molecule has 2 atom stereocenters. The van der Waals surface area contributed by atoms with Crippen LogP contribution in [-0.4, -0.2) is 34.2 Å². The van der Waals surface area contributed by atoms with E-state index in [2.05, 4.69) is 10.5 Å². The van der Waals surface area contributed by atoms with Crippen molar-refractivity contribution in [1.82, 2.24) is 5.32 Å². The Morgan fingerprint density at radius 1 is 1.29 bits per heavy atom. The van der Waals surface area contributed by atoms with E-state index in [-0.39, 0.29) is 17.8 Å². The molecule has 1 fully saturated rings. The second-order valence-electron chi connectivity index (χ2n) is 6.00. The number of amidine groups is 1. The molecule has 2 unspecified atom stereocenters. The Morgan fingerprint density at radius 3 is 2.33 bits per heavy atom. The van der Waals surface area contributed by atoms with Gasteiger partial charge in [0.25, 0.3) is 0 Å². The number of aliphatic hydroxyl groups excluding tert-OH is 1. The molecule has 1 amide bonds. The molecule has 0 aliphatic heterocycles. The lowest BCUT2D eigenvalue weighted by Gasteiger charge is -2.35. The second-order valence-corrected chi connectivity index (χ2v) is 6.00. The highest BCUT2D eigenvalue weighted by molar-refractivity contribution is 6.06. The van der Waals surface area contributed by atoms with Crippen molar-refractivity contribution in [2.24, 2.45) is 16.3 Å². The summed E-state index contributed by atoms with van der Waals surface area (Å²) < 4.78 is 0. The molecule has 1 rings (SSSR count). The molecule has 1 aliphatic rings. The molecule has 0 radical (unpaired) electrons. The molecule has 0 aromatic heterocycles. The number of nitrogens with two attached hydrogens (primary N) is 1. The summed E-state index contributed by atoms with van der Waals surface area (Å²) in [4.78, 5) is 12.8. The van der Waals surface area contributed by atoms with E-state index in [1.165, 1.54) is 0 Å². The lowest BCUT2D eigenvalue weighted by atomic mass is 9.76. The fraction of sp³-hybridized carbons (Fsp3) is 0.867. The molecule has 0 heterocycles. The van der Waals surface area contributed by atoms with Gasteiger partial charge in [-0.25, -0.2) is 0 Å². The number of carbonyl (C=O) groups is 1. The Labute approximate surface area is 126 Å². The molecular formula is C15H29N3O3. The molecular weight excluding hydrogens is 270 g/mol. The first-order valence-electron chi connectivity index (χ1n) is 7.98. The molecule has 0 aromatic carbocycles. The molecule has 0 saturated heterocycles. The molecule has 21 heavy (non-hydrogen) atoms. The summed E-state index contributed by atoms with van der Waals surface area (Å²) in [5.41, 5.74) is 4.86. The van der Waals surface area contributed by atoms with Gasteiger partial charge in [0, 0.05) is 0 Å². The number of hydrogen-bond donors (Lipinski definition) is 4. The van der Waals surface area contributed by atoms with Crippen molar-refractivity contribution in [3.05, 3.63) is 0 Å². The van der Waals surface area contributed by atoms with Crippen LogP contribution in [0.15, 0.2) is 5.16 Å². The summed E-state index contributed by atoms with van der Waals surface area (Å²) in [7, 11) is 0. The van der Waals surface area contributed by atoms with Gasteiger partial charge < -0.3 is 21.4 Å². The van der Waals surface area contributed by atoms with Gasteiger partial charge in [0.15, 0.2) is 5.84 Å². The van der Waals surface area contributed by atoms with Gasteiger partial charge in [0.1, 0.15) is 5.41 Å². The fourth-order valence-electron chi connectivity index (χ4n) is 3.26. The Kier molecular flexibility index (Phi) is 6.95. The maximum atomic E-state index is 12.8. The van der Waals surface area contributed by atoms with Crippen molar-refractivity contribution in [3.63, 3.8) is 0 Å². The topological polar surface area (TPSA) is 108 Å². The standard InChI is InChI=1S/C15H29N3O3/c1-3-9-15(10-4-2,13(16)18-21)14(20)17-11-7-5-6-8-12(11)19/h11-12,19,21H,3-10H2,1-2H3,(H2,16,18)(H,17,20). The van der Waals surface area contributed by atoms with E-state index in [9.17, 15) is 9.90 Å². The van der Waals surface area contributed by atoms with Gasteiger partial charge >= 0.3 is 0 Å². The normalized spacial score (nSPS) is 23.9. The Hall–Kier alpha value is -1.30. The highest BCUT2D eigenvalue weighted by Crippen LogP contribution is 2.32. The van der Waals surface area contributed by atoms with Gasteiger partial charge in [0.05, 0.1) is 12.1 Å². The number of oxime groups is 1. The largest absolute Gasteiger partial charge is 0.409 e. The lowest BCUT2D eigenvalue weighted by molar-refractivity contribution is -0.130. The fourth-order valence-corrected chi connectivity index (χ4v) is 3.26. The first kappa shape index (κ1) is 17.8. The second kappa shape index (κ2) is 8.22. The predicted octanol–water partition coefficient (Wildman–Crippen LogP) is 1.74. The molecule has 0 bridgehead atoms. The molecule has 1 saturated carbocycles. The maximum absolute atomic E-state index is 12.8. The van der Waals surface area contributed by atoms with Crippen molar-refractivity contribution < 1.29 is 15.1 Å². The van der Waals surface area contributed by atoms with Crippen LogP contribution in [0.5, 0.6) is 0 Å². The molecule has 6 heteroatoms. The van der Waals surface area contributed by atoms with E-state index >= 15 is 0 Å². The van der Waals surface area contributed by atoms with Crippen molar-refractivity contribution in [1.29, 1.82) is 0 Å². The monoisotopic (exact) mass is 299 g/mol. The van der Waals surface area contributed by atoms with E-state index in [4.69, 9.17) is 10.9 Å². The molecule has 0 aromatic rings. The third kappa shape index (κ3) is 4.09. The summed E-state index contributed by atoms with van der Waals surface area (Å²) >= 11 is 0. The Morgan fingerprint density at radius 2 is 1.86 bits per heavy atom. The SMILES string of the molecule is CCCC(CCC)(C(=O)NC1CCCCC1O)C(N)=NO. The molecule has 1 aliphatic carbocycles. The molecule has 6 nitrogen and oxygen atoms in total. The van der Waals surface area contributed by atoms with Crippen LogP contribution >= 0.6 is 0 Å². The Balaban J connectivity index is 2.92. The molecule has 122 valence electrons. The number of nitrogens with zero attached hydrogens (tertiary/aromatic N) is 1. The third-order valence-corrected chi connectivity index (χ3v) is 4.43. The smallest absolute Gasteiger partial charge is 0.234 e. The van der Waals surface area contributed by atoms with Crippen molar-refractivity contribution >= 4 is 11.7 Å². The van der Waals surface area contributed by atoms with Gasteiger partial charge in [-0.15, -0.1) is 0 Å². The number of rotatable bonds is 7. The third-order valence-electron chi connectivity index (χ3n) is 4.43. The van der Waals surface area contributed by atoms with Crippen molar-refractivity contribution in [2.75, 3.05) is 0 Å². The van der Waals surface area contributed by atoms with Gasteiger partial charge in [-0.3, -0.25) is 4.79 Å². The molecule has 5 N–H and O–H groups in total. The number of hydrogen-bond acceptors (Lipinski definition) is 4. The van der Waals surface area contributed by atoms with Gasteiger partial charge in [0.2, 0.25) is 5.91 Å². The number of nitrogens with one attached hydrogen (secondary N) is 1. The lowest BCUT2D eigenvalue weighted by Crippen LogP contribution is -2.55. The zero-order chi connectivity index (χ0) is 15.9. The highest BCUT2D eigenvalue weighted by atomic mass is 16.4. The minimum absolute atomic E-state index is 0.0333. The van der Waals surface area contributed by atoms with Crippen LogP contribution in [0.3, 0.4) is 0 Å². The van der Waals surface area contributed by atoms with Crippen LogP contribution in [0.4, 0.5) is 0 Å². The first-order chi connectivity index (χ1) is 10.0. The van der Waals surface area contributed by atoms with Crippen LogP contribution in [0.2, 0.25) is 0 Å². The zero-order valence-electron chi connectivity index (χ0n) is 13.1. The summed E-state index contributed by atoms with van der Waals surface area (Å²) in [5.74, 6) is -0.263. The van der Waals surface area contributed by atoms with Crippen LogP contribution in [0.1, 0.15) is 65.2 Å². The van der Waals surface area contributed by atoms with Crippen LogP contribution in [-0.2, 0) is 4.79 Å². The average Bonchev–Trinajstić information content (AvgIpc) is 2.48. The maximum Gasteiger partial charge on any atom is 0.234 e. The Bertz CT molecular complexity index is 365. The van der Waals surface area contributed by atoms with E-state index < -0.39 is 11.5 Å². The summed E-state index contributed by atoms with van der Waals surface area (Å²) in [6.45, 7) is 3.94. The van der Waals surface area contributed by atoms with Crippen LogP contribution in [0.25, 0.3) is 0 Å². The van der Waals surface area contributed by atoms with Gasteiger partial charge in [-0.2, -0.15) is 0 Å². The van der Waals surface area contributed by atoms with E-state index in [1.54, 1.807) is 0 Å². The zero-order valence-corrected chi connectivity index (χ0v) is 13.1. The van der Waals surface area contributed by atoms with Crippen molar-refractivity contribution in [2.45, 2.75) is 77.4 Å². The van der Waals surface area contributed by atoms with Gasteiger partial charge in [-0.05, 0) is 25.7 Å². The van der Waals surface area contributed by atoms with E-state index in [0.29, 0.717) is 19.3 Å². The van der Waals surface area contributed by atoms with Crippen LogP contribution in [0, 0.1) is 5.41 Å². The first-order valence-corrected chi connectivity index (χ1v) is 7.98. The number of carbonyl (C=O) groups excluding carboxylic acids is 1. The predicted molar refractivity (Wildman–Crippen MR) is 82.1 cm³/mol. The summed E-state index contributed by atoms with van der Waals surface area (Å²) in [6, 6.07) is -0.231. The minimum Gasteiger partial charge on any atom is -0.409 e. The highest BCUT2D eigenvalue weighted by Gasteiger charge is 2.42.